The third-order valence-electron chi connectivity index (χ3n) is 2.73. The van der Waals surface area contributed by atoms with Gasteiger partial charge in [-0.3, -0.25) is 0 Å². The van der Waals surface area contributed by atoms with Crippen molar-refractivity contribution < 1.29 is 0 Å². The van der Waals surface area contributed by atoms with Gasteiger partial charge in [-0.05, 0) is 18.1 Å². The number of pyridine rings is 1. The van der Waals surface area contributed by atoms with Crippen molar-refractivity contribution in [2.75, 3.05) is 11.1 Å². The molecule has 0 bridgehead atoms. The zero-order valence-corrected chi connectivity index (χ0v) is 9.93. The van der Waals surface area contributed by atoms with Crippen molar-refractivity contribution in [3.05, 3.63) is 54.2 Å². The first kappa shape index (κ1) is 11.5. The summed E-state index contributed by atoms with van der Waals surface area (Å²) in [6.07, 6.45) is 2.74. The number of hydrogen-bond acceptors (Lipinski definition) is 3. The molecule has 2 aromatic rings. The molecule has 1 heterocycles. The van der Waals surface area contributed by atoms with E-state index < -0.39 is 0 Å². The summed E-state index contributed by atoms with van der Waals surface area (Å²) in [6.45, 7) is 2.16. The lowest BCUT2D eigenvalue weighted by Crippen LogP contribution is -2.09. The third kappa shape index (κ3) is 2.97. The normalized spacial score (nSPS) is 12.1. The minimum atomic E-state index is 0.304. The van der Waals surface area contributed by atoms with E-state index in [4.69, 9.17) is 5.73 Å². The molecule has 0 aliphatic rings. The van der Waals surface area contributed by atoms with Crippen molar-refractivity contribution in [3.63, 3.8) is 0 Å². The van der Waals surface area contributed by atoms with E-state index in [9.17, 15) is 0 Å². The average molecular weight is 227 g/mol. The maximum atomic E-state index is 5.66. The molecule has 0 aliphatic heterocycles. The Kier molecular flexibility index (Phi) is 3.60. The molecule has 1 aromatic heterocycles. The number of benzene rings is 1. The Bertz CT molecular complexity index is 468. The Balaban J connectivity index is 2.16. The number of aromatic nitrogens is 1. The minimum Gasteiger partial charge on any atom is -0.384 e. The summed E-state index contributed by atoms with van der Waals surface area (Å²) in [5, 5.41) is 3.47. The Labute approximate surface area is 102 Å². The van der Waals surface area contributed by atoms with Crippen LogP contribution in [-0.4, -0.2) is 4.98 Å². The molecule has 0 radical (unpaired) electrons. The fraction of sp³-hybridized carbons (Fsp3) is 0.214. The summed E-state index contributed by atoms with van der Waals surface area (Å²) in [5.41, 5.74) is 7.95. The van der Waals surface area contributed by atoms with Crippen LogP contribution in [0, 0.1) is 0 Å². The number of anilines is 2. The second-order valence-corrected chi connectivity index (χ2v) is 3.99. The van der Waals surface area contributed by atoms with Crippen molar-refractivity contribution in [3.8, 4) is 0 Å². The van der Waals surface area contributed by atoms with Gasteiger partial charge in [0, 0.05) is 18.0 Å². The molecular weight excluding hydrogens is 210 g/mol. The van der Waals surface area contributed by atoms with Gasteiger partial charge in [0.25, 0.3) is 0 Å². The van der Waals surface area contributed by atoms with Crippen molar-refractivity contribution in [1.82, 2.24) is 4.98 Å². The fourth-order valence-electron chi connectivity index (χ4n) is 1.85. The maximum absolute atomic E-state index is 5.66. The van der Waals surface area contributed by atoms with E-state index in [0.717, 1.165) is 12.1 Å². The predicted molar refractivity (Wildman–Crippen MR) is 71.7 cm³/mol. The molecule has 3 heteroatoms. The van der Waals surface area contributed by atoms with Crippen LogP contribution < -0.4 is 11.1 Å². The summed E-state index contributed by atoms with van der Waals surface area (Å²) < 4.78 is 0. The van der Waals surface area contributed by atoms with E-state index in [1.54, 1.807) is 6.20 Å². The van der Waals surface area contributed by atoms with Crippen LogP contribution in [0.2, 0.25) is 0 Å². The van der Waals surface area contributed by atoms with Gasteiger partial charge in [-0.2, -0.15) is 0 Å². The molecule has 0 fully saturated rings. The lowest BCUT2D eigenvalue weighted by atomic mass is 10.0. The van der Waals surface area contributed by atoms with Crippen molar-refractivity contribution in [2.24, 2.45) is 0 Å². The van der Waals surface area contributed by atoms with Crippen LogP contribution in [0.5, 0.6) is 0 Å². The topological polar surface area (TPSA) is 50.9 Å². The van der Waals surface area contributed by atoms with Gasteiger partial charge >= 0.3 is 0 Å². The van der Waals surface area contributed by atoms with Gasteiger partial charge in [-0.1, -0.05) is 37.3 Å². The monoisotopic (exact) mass is 227 g/mol. The molecule has 1 aromatic carbocycles. The highest BCUT2D eigenvalue weighted by atomic mass is 14.9. The summed E-state index contributed by atoms with van der Waals surface area (Å²) in [4.78, 5) is 3.98. The van der Waals surface area contributed by atoms with Gasteiger partial charge in [0.15, 0.2) is 0 Å². The predicted octanol–water partition coefficient (Wildman–Crippen LogP) is 3.23. The first-order valence-electron chi connectivity index (χ1n) is 5.82. The molecule has 1 unspecified atom stereocenters. The first-order valence-corrected chi connectivity index (χ1v) is 5.82. The lowest BCUT2D eigenvalue weighted by Gasteiger charge is -2.18. The Morgan fingerprint density at radius 1 is 1.24 bits per heavy atom. The van der Waals surface area contributed by atoms with E-state index >= 15 is 0 Å². The molecular formula is C14H17N3. The summed E-state index contributed by atoms with van der Waals surface area (Å²) in [7, 11) is 0. The second-order valence-electron chi connectivity index (χ2n) is 3.99. The highest BCUT2D eigenvalue weighted by Crippen LogP contribution is 2.22. The van der Waals surface area contributed by atoms with Crippen LogP contribution in [0.25, 0.3) is 0 Å². The van der Waals surface area contributed by atoms with E-state index in [2.05, 4.69) is 41.5 Å². The van der Waals surface area contributed by atoms with Gasteiger partial charge in [-0.25, -0.2) is 4.98 Å². The van der Waals surface area contributed by atoms with Crippen LogP contribution in [0.15, 0.2) is 48.7 Å². The number of rotatable bonds is 4. The van der Waals surface area contributed by atoms with E-state index in [1.165, 1.54) is 5.56 Å². The number of hydrogen-bond donors (Lipinski definition) is 2. The van der Waals surface area contributed by atoms with Crippen LogP contribution >= 0.6 is 0 Å². The third-order valence-corrected chi connectivity index (χ3v) is 2.73. The standard InChI is InChI=1S/C14H17N3/c1-2-13(11-6-4-3-5-7-11)17-12-8-9-16-14(15)10-12/h3-10,13H,2H2,1H3,(H3,15,16,17). The largest absolute Gasteiger partial charge is 0.384 e. The van der Waals surface area contributed by atoms with Crippen LogP contribution in [0.4, 0.5) is 11.5 Å². The molecule has 17 heavy (non-hydrogen) atoms. The number of nitrogens with zero attached hydrogens (tertiary/aromatic N) is 1. The fourth-order valence-corrected chi connectivity index (χ4v) is 1.85. The van der Waals surface area contributed by atoms with Crippen molar-refractivity contribution >= 4 is 11.5 Å². The van der Waals surface area contributed by atoms with Gasteiger partial charge in [0.1, 0.15) is 5.82 Å². The van der Waals surface area contributed by atoms with E-state index in [1.807, 2.05) is 18.2 Å². The van der Waals surface area contributed by atoms with Gasteiger partial charge in [0.2, 0.25) is 0 Å². The Hall–Kier alpha value is -2.03. The van der Waals surface area contributed by atoms with Crippen LogP contribution in [0.3, 0.4) is 0 Å². The SMILES string of the molecule is CCC(Nc1ccnc(N)c1)c1ccccc1. The molecule has 0 spiro atoms. The molecule has 0 aliphatic carbocycles. The quantitative estimate of drug-likeness (QED) is 0.843. The first-order chi connectivity index (χ1) is 8.29. The van der Waals surface area contributed by atoms with Crippen molar-refractivity contribution in [1.29, 1.82) is 0 Å². The molecule has 1 atom stereocenters. The van der Waals surface area contributed by atoms with Gasteiger partial charge in [0.05, 0.1) is 6.04 Å². The molecule has 3 nitrogen and oxygen atoms in total. The highest BCUT2D eigenvalue weighted by molar-refractivity contribution is 5.51. The molecule has 0 saturated carbocycles. The smallest absolute Gasteiger partial charge is 0.125 e. The summed E-state index contributed by atoms with van der Waals surface area (Å²) >= 11 is 0. The van der Waals surface area contributed by atoms with Gasteiger partial charge in [-0.15, -0.1) is 0 Å². The lowest BCUT2D eigenvalue weighted by molar-refractivity contribution is 0.749. The molecule has 3 N–H and O–H groups in total. The van der Waals surface area contributed by atoms with Gasteiger partial charge < -0.3 is 11.1 Å². The molecule has 0 saturated heterocycles. The summed E-state index contributed by atoms with van der Waals surface area (Å²) in [6, 6.07) is 14.5. The number of nitrogens with one attached hydrogen (secondary N) is 1. The molecule has 0 amide bonds. The highest BCUT2D eigenvalue weighted by Gasteiger charge is 2.08. The number of nitrogens with two attached hydrogens (primary N) is 1. The Morgan fingerprint density at radius 3 is 2.65 bits per heavy atom. The van der Waals surface area contributed by atoms with Crippen molar-refractivity contribution in [2.45, 2.75) is 19.4 Å². The zero-order valence-electron chi connectivity index (χ0n) is 9.93. The Morgan fingerprint density at radius 2 is 2.00 bits per heavy atom. The van der Waals surface area contributed by atoms with Crippen LogP contribution in [-0.2, 0) is 0 Å². The molecule has 88 valence electrons. The molecule has 2 rings (SSSR count). The average Bonchev–Trinajstić information content (AvgIpc) is 2.37. The minimum absolute atomic E-state index is 0.304. The van der Waals surface area contributed by atoms with E-state index in [0.29, 0.717) is 11.9 Å². The zero-order chi connectivity index (χ0) is 12.1. The number of nitrogen functional groups attached to an aromatic ring is 1. The maximum Gasteiger partial charge on any atom is 0.125 e. The van der Waals surface area contributed by atoms with E-state index in [-0.39, 0.29) is 0 Å². The summed E-state index contributed by atoms with van der Waals surface area (Å²) in [5.74, 6) is 0.540. The second kappa shape index (κ2) is 5.34. The van der Waals surface area contributed by atoms with Crippen LogP contribution in [0.1, 0.15) is 24.9 Å².